The number of rotatable bonds is 0. The zero-order valence-electron chi connectivity index (χ0n) is 7.35. The van der Waals surface area contributed by atoms with Crippen LogP contribution >= 0.6 is 11.6 Å². The van der Waals surface area contributed by atoms with Crippen LogP contribution in [0.1, 0.15) is 38.5 Å². The van der Waals surface area contributed by atoms with E-state index in [-0.39, 0.29) is 0 Å². The van der Waals surface area contributed by atoms with Crippen molar-refractivity contribution in [3.63, 3.8) is 0 Å². The highest BCUT2D eigenvalue weighted by Gasteiger charge is 2.37. The molecule has 0 aromatic rings. The number of hydrogen-bond acceptors (Lipinski definition) is 0. The fraction of sp³-hybridized carbons (Fsp3) is 0.818. The molecule has 0 saturated heterocycles. The first-order valence-corrected chi connectivity index (χ1v) is 5.55. The lowest BCUT2D eigenvalue weighted by atomic mass is 9.69. The van der Waals surface area contributed by atoms with Crippen molar-refractivity contribution in [2.45, 2.75) is 38.5 Å². The molecule has 4 rings (SSSR count). The van der Waals surface area contributed by atoms with Gasteiger partial charge in [0.25, 0.3) is 0 Å². The zero-order chi connectivity index (χ0) is 8.13. The first-order valence-electron chi connectivity index (χ1n) is 5.17. The molecule has 3 atom stereocenters. The van der Waals surface area contributed by atoms with E-state index in [1.807, 2.05) is 0 Å². The number of hydrogen-bond donors (Lipinski definition) is 0. The molecule has 0 aromatic heterocycles. The third kappa shape index (κ3) is 1.04. The molecule has 4 aliphatic carbocycles. The SMILES string of the molecule is ClC1=C2C[C@@H]3CC(C1)C[C@H](C2)C3. The number of allylic oxidation sites excluding steroid dienone is 2. The second-order valence-corrected chi connectivity index (χ2v) is 5.38. The summed E-state index contributed by atoms with van der Waals surface area (Å²) >= 11 is 6.29. The van der Waals surface area contributed by atoms with Gasteiger partial charge >= 0.3 is 0 Å². The van der Waals surface area contributed by atoms with Gasteiger partial charge in [-0.15, -0.1) is 0 Å². The van der Waals surface area contributed by atoms with Crippen LogP contribution in [0.15, 0.2) is 10.6 Å². The maximum Gasteiger partial charge on any atom is 0.0176 e. The highest BCUT2D eigenvalue weighted by molar-refractivity contribution is 6.30. The summed E-state index contributed by atoms with van der Waals surface area (Å²) in [7, 11) is 0. The van der Waals surface area contributed by atoms with Crippen LogP contribution in [0.2, 0.25) is 0 Å². The van der Waals surface area contributed by atoms with Gasteiger partial charge in [0.2, 0.25) is 0 Å². The summed E-state index contributed by atoms with van der Waals surface area (Å²) in [6.07, 6.45) is 8.33. The van der Waals surface area contributed by atoms with Gasteiger partial charge in [0.1, 0.15) is 0 Å². The van der Waals surface area contributed by atoms with Crippen molar-refractivity contribution < 1.29 is 0 Å². The lowest BCUT2D eigenvalue weighted by molar-refractivity contribution is 0.179. The van der Waals surface area contributed by atoms with Gasteiger partial charge in [0.15, 0.2) is 0 Å². The Morgan fingerprint density at radius 1 is 0.833 bits per heavy atom. The van der Waals surface area contributed by atoms with E-state index < -0.39 is 0 Å². The summed E-state index contributed by atoms with van der Waals surface area (Å²) in [5.74, 6) is 2.96. The van der Waals surface area contributed by atoms with E-state index in [9.17, 15) is 0 Å². The van der Waals surface area contributed by atoms with Crippen molar-refractivity contribution in [3.05, 3.63) is 10.6 Å². The molecule has 0 nitrogen and oxygen atoms in total. The maximum atomic E-state index is 6.29. The minimum absolute atomic E-state index is 0.946. The molecule has 1 unspecified atom stereocenters. The molecule has 0 N–H and O–H groups in total. The molecule has 0 aromatic carbocycles. The van der Waals surface area contributed by atoms with E-state index in [1.165, 1.54) is 43.6 Å². The van der Waals surface area contributed by atoms with E-state index in [2.05, 4.69) is 0 Å². The molecule has 2 fully saturated rings. The van der Waals surface area contributed by atoms with Crippen molar-refractivity contribution in [1.82, 2.24) is 0 Å². The molecule has 1 heteroatoms. The van der Waals surface area contributed by atoms with Gasteiger partial charge in [-0.05, 0) is 56.3 Å². The van der Waals surface area contributed by atoms with Crippen LogP contribution in [-0.4, -0.2) is 0 Å². The molecule has 66 valence electrons. The number of halogens is 1. The van der Waals surface area contributed by atoms with Gasteiger partial charge in [-0.1, -0.05) is 17.2 Å². The van der Waals surface area contributed by atoms with Crippen LogP contribution in [0, 0.1) is 17.8 Å². The average Bonchev–Trinajstić information content (AvgIpc) is 2.16. The minimum atomic E-state index is 0.946. The van der Waals surface area contributed by atoms with Gasteiger partial charge in [0, 0.05) is 5.03 Å². The Kier molecular flexibility index (Phi) is 1.55. The Bertz CT molecular complexity index is 225. The summed E-state index contributed by atoms with van der Waals surface area (Å²) in [6.45, 7) is 0. The fourth-order valence-corrected chi connectivity index (χ4v) is 3.97. The van der Waals surface area contributed by atoms with E-state index in [0.29, 0.717) is 0 Å². The molecule has 0 amide bonds. The minimum Gasteiger partial charge on any atom is -0.0892 e. The van der Waals surface area contributed by atoms with Gasteiger partial charge in [-0.3, -0.25) is 0 Å². The molecular formula is C11H15Cl. The predicted octanol–water partition coefficient (Wildman–Crippen LogP) is 3.71. The lowest BCUT2D eigenvalue weighted by Gasteiger charge is -2.37. The summed E-state index contributed by atoms with van der Waals surface area (Å²) < 4.78 is 0. The van der Waals surface area contributed by atoms with Crippen molar-refractivity contribution >= 4 is 11.6 Å². The largest absolute Gasteiger partial charge is 0.0892 e. The summed E-state index contributed by atoms with van der Waals surface area (Å²) in [5.41, 5.74) is 1.62. The van der Waals surface area contributed by atoms with Crippen molar-refractivity contribution in [2.75, 3.05) is 0 Å². The molecule has 12 heavy (non-hydrogen) atoms. The third-order valence-corrected chi connectivity index (χ3v) is 4.34. The van der Waals surface area contributed by atoms with Gasteiger partial charge in [-0.2, -0.15) is 0 Å². The van der Waals surface area contributed by atoms with E-state index in [0.717, 1.165) is 17.8 Å². The summed E-state index contributed by atoms with van der Waals surface area (Å²) in [4.78, 5) is 0. The van der Waals surface area contributed by atoms with Crippen LogP contribution in [0.25, 0.3) is 0 Å². The molecule has 2 saturated carbocycles. The van der Waals surface area contributed by atoms with Gasteiger partial charge < -0.3 is 0 Å². The predicted molar refractivity (Wildman–Crippen MR) is 51.1 cm³/mol. The number of fused-ring (bicyclic) bond motifs is 1. The van der Waals surface area contributed by atoms with Gasteiger partial charge in [-0.25, -0.2) is 0 Å². The maximum absolute atomic E-state index is 6.29. The van der Waals surface area contributed by atoms with Gasteiger partial charge in [0.05, 0.1) is 0 Å². The van der Waals surface area contributed by atoms with E-state index >= 15 is 0 Å². The molecule has 0 spiro atoms. The monoisotopic (exact) mass is 182 g/mol. The van der Waals surface area contributed by atoms with Crippen LogP contribution in [0.3, 0.4) is 0 Å². The van der Waals surface area contributed by atoms with Crippen LogP contribution < -0.4 is 0 Å². The topological polar surface area (TPSA) is 0 Å². The smallest absolute Gasteiger partial charge is 0.0176 e. The average molecular weight is 183 g/mol. The van der Waals surface area contributed by atoms with E-state index in [1.54, 1.807) is 5.57 Å². The highest BCUT2D eigenvalue weighted by atomic mass is 35.5. The first kappa shape index (κ1) is 7.44. The quantitative estimate of drug-likeness (QED) is 0.536. The standard InChI is InChI=1S/C11H15Cl/c12-11-6-9-2-7-1-8(3-9)5-10(11)4-7/h7-9H,1-6H2/t7-,8+,9?. The fourth-order valence-electron chi connectivity index (χ4n) is 3.60. The second kappa shape index (κ2) is 2.51. The first-order chi connectivity index (χ1) is 5.81. The molecular weight excluding hydrogens is 168 g/mol. The lowest BCUT2D eigenvalue weighted by Crippen LogP contribution is -2.25. The molecule has 4 bridgehead atoms. The Labute approximate surface area is 79.0 Å². The highest BCUT2D eigenvalue weighted by Crippen LogP contribution is 2.51. The molecule has 4 aliphatic rings. The van der Waals surface area contributed by atoms with E-state index in [4.69, 9.17) is 11.6 Å². The van der Waals surface area contributed by atoms with Crippen molar-refractivity contribution in [2.24, 2.45) is 17.8 Å². The normalized spacial score (nSPS) is 45.2. The molecule has 0 radical (unpaired) electrons. The van der Waals surface area contributed by atoms with Crippen LogP contribution in [0.4, 0.5) is 0 Å². The van der Waals surface area contributed by atoms with Crippen LogP contribution in [0.5, 0.6) is 0 Å². The summed E-state index contributed by atoms with van der Waals surface area (Å²) in [6, 6.07) is 0. The Morgan fingerprint density at radius 2 is 1.33 bits per heavy atom. The Hall–Kier alpha value is 0.0300. The summed E-state index contributed by atoms with van der Waals surface area (Å²) in [5, 5.41) is 1.24. The Balaban J connectivity index is 2.01. The molecule has 0 aliphatic heterocycles. The molecule has 0 heterocycles. The van der Waals surface area contributed by atoms with Crippen LogP contribution in [-0.2, 0) is 0 Å². The third-order valence-electron chi connectivity index (χ3n) is 3.92. The van der Waals surface area contributed by atoms with Crippen molar-refractivity contribution in [3.8, 4) is 0 Å². The van der Waals surface area contributed by atoms with Crippen molar-refractivity contribution in [1.29, 1.82) is 0 Å². The zero-order valence-corrected chi connectivity index (χ0v) is 8.11. The Morgan fingerprint density at radius 3 is 1.92 bits per heavy atom. The second-order valence-electron chi connectivity index (χ2n) is 4.93.